The molecule has 9 unspecified atom stereocenters. The van der Waals surface area contributed by atoms with Gasteiger partial charge in [0, 0.05) is 11.3 Å². The van der Waals surface area contributed by atoms with E-state index in [4.69, 9.17) is 4.74 Å². The number of rotatable bonds is 3. The molecular formula is C29H34N2O6. The molecule has 37 heavy (non-hydrogen) atoms. The van der Waals surface area contributed by atoms with Crippen molar-refractivity contribution >= 4 is 16.9 Å². The Morgan fingerprint density at radius 3 is 2.68 bits per heavy atom. The van der Waals surface area contributed by atoms with Gasteiger partial charge in [-0.3, -0.25) is 0 Å². The quantitative estimate of drug-likeness (QED) is 0.369. The molecule has 0 saturated heterocycles. The standard InChI is InChI=1S/C29H34N2O6/c1-14-11-28-15(2)9-20-22(27(20,3)4)18(24(28)34)10-16(13-32)23(33)29(28,36)25(14)37-26(35)19-12-30-31-21-8-6-5-7-17(19)21/h5-8,10-12,15,18,20,22-25,32-34,36H,9,13H2,1-4H3. The fourth-order valence-electron chi connectivity index (χ4n) is 8.24. The van der Waals surface area contributed by atoms with E-state index in [1.807, 2.05) is 13.0 Å². The van der Waals surface area contributed by atoms with E-state index in [2.05, 4.69) is 24.0 Å². The Morgan fingerprint density at radius 2 is 1.95 bits per heavy atom. The Balaban J connectivity index is 1.47. The van der Waals surface area contributed by atoms with Crippen LogP contribution in [0.3, 0.4) is 0 Å². The molecule has 0 aliphatic heterocycles. The minimum Gasteiger partial charge on any atom is -0.451 e. The van der Waals surface area contributed by atoms with E-state index in [0.29, 0.717) is 22.4 Å². The number of hydrogen-bond acceptors (Lipinski definition) is 8. The molecule has 0 amide bonds. The Hall–Kier alpha value is -2.65. The van der Waals surface area contributed by atoms with Crippen molar-refractivity contribution < 1.29 is 30.0 Å². The van der Waals surface area contributed by atoms with Crippen LogP contribution in [-0.4, -0.2) is 67.1 Å². The number of esters is 1. The van der Waals surface area contributed by atoms with E-state index in [1.54, 1.807) is 37.3 Å². The highest BCUT2D eigenvalue weighted by Crippen LogP contribution is 2.72. The van der Waals surface area contributed by atoms with Gasteiger partial charge in [0.1, 0.15) is 11.7 Å². The van der Waals surface area contributed by atoms with Gasteiger partial charge in [0.2, 0.25) is 0 Å². The Labute approximate surface area is 215 Å². The fraction of sp³-hybridized carbons (Fsp3) is 0.552. The Kier molecular flexibility index (Phi) is 5.29. The molecule has 0 radical (unpaired) electrons. The first-order valence-electron chi connectivity index (χ1n) is 13.0. The van der Waals surface area contributed by atoms with Crippen molar-refractivity contribution in [2.24, 2.45) is 34.5 Å². The monoisotopic (exact) mass is 506 g/mol. The van der Waals surface area contributed by atoms with Crippen LogP contribution in [0.5, 0.6) is 0 Å². The molecule has 1 aromatic carbocycles. The molecule has 8 nitrogen and oxygen atoms in total. The van der Waals surface area contributed by atoms with Gasteiger partial charge in [-0.25, -0.2) is 4.79 Å². The summed E-state index contributed by atoms with van der Waals surface area (Å²) in [5.41, 5.74) is -1.83. The van der Waals surface area contributed by atoms with Crippen molar-refractivity contribution in [1.29, 1.82) is 0 Å². The number of fused-ring (bicyclic) bond motifs is 4. The van der Waals surface area contributed by atoms with Crippen molar-refractivity contribution in [3.05, 3.63) is 59.3 Å². The van der Waals surface area contributed by atoms with Gasteiger partial charge < -0.3 is 25.2 Å². The van der Waals surface area contributed by atoms with Gasteiger partial charge in [0.25, 0.3) is 0 Å². The highest BCUT2D eigenvalue weighted by atomic mass is 16.6. The van der Waals surface area contributed by atoms with Crippen LogP contribution >= 0.6 is 0 Å². The van der Waals surface area contributed by atoms with E-state index in [9.17, 15) is 25.2 Å². The van der Waals surface area contributed by atoms with Crippen LogP contribution in [0.25, 0.3) is 10.9 Å². The molecular weight excluding hydrogens is 472 g/mol. The number of benzene rings is 1. The first-order chi connectivity index (χ1) is 17.5. The van der Waals surface area contributed by atoms with Crippen molar-refractivity contribution in [1.82, 2.24) is 10.2 Å². The van der Waals surface area contributed by atoms with Crippen LogP contribution in [0.2, 0.25) is 0 Å². The minimum absolute atomic E-state index is 0.00459. The maximum Gasteiger partial charge on any atom is 0.341 e. The molecule has 6 rings (SSSR count). The molecule has 4 N–H and O–H groups in total. The molecule has 1 aromatic heterocycles. The summed E-state index contributed by atoms with van der Waals surface area (Å²) in [6.45, 7) is 7.64. The summed E-state index contributed by atoms with van der Waals surface area (Å²) in [5.74, 6) is -0.805. The molecule has 2 aromatic rings. The summed E-state index contributed by atoms with van der Waals surface area (Å²) in [7, 11) is 0. The zero-order valence-corrected chi connectivity index (χ0v) is 21.5. The van der Waals surface area contributed by atoms with Crippen LogP contribution in [0.4, 0.5) is 0 Å². The SMILES string of the molecule is CC1=CC23C(C)CC4C(C(C=C(CO)C(O)C2(O)C1OC(=O)c1cnnc2ccccc12)C3O)C4(C)C. The van der Waals surface area contributed by atoms with E-state index >= 15 is 0 Å². The predicted octanol–water partition coefficient (Wildman–Crippen LogP) is 2.41. The topological polar surface area (TPSA) is 133 Å². The van der Waals surface area contributed by atoms with Gasteiger partial charge in [-0.2, -0.15) is 10.2 Å². The summed E-state index contributed by atoms with van der Waals surface area (Å²) in [5, 5.41) is 55.1. The second-order valence-electron chi connectivity index (χ2n) is 12.1. The number of aromatic nitrogens is 2. The third-order valence-electron chi connectivity index (χ3n) is 10.2. The van der Waals surface area contributed by atoms with Gasteiger partial charge >= 0.3 is 5.97 Å². The molecule has 2 bridgehead atoms. The van der Waals surface area contributed by atoms with E-state index in [1.165, 1.54) is 6.20 Å². The van der Waals surface area contributed by atoms with Crippen LogP contribution in [-0.2, 0) is 4.74 Å². The zero-order chi connectivity index (χ0) is 26.5. The lowest BCUT2D eigenvalue weighted by Crippen LogP contribution is -2.66. The molecule has 196 valence electrons. The number of ether oxygens (including phenoxy) is 1. The number of hydrogen-bond donors (Lipinski definition) is 4. The lowest BCUT2D eigenvalue weighted by molar-refractivity contribution is -0.215. The Bertz CT molecular complexity index is 1350. The largest absolute Gasteiger partial charge is 0.451 e. The number of carbonyl (C=O) groups excluding carboxylic acids is 1. The highest BCUT2D eigenvalue weighted by molar-refractivity contribution is 6.02. The molecule has 2 fully saturated rings. The van der Waals surface area contributed by atoms with Gasteiger partial charge in [0.15, 0.2) is 6.10 Å². The Morgan fingerprint density at radius 1 is 1.22 bits per heavy atom. The summed E-state index contributed by atoms with van der Waals surface area (Å²) in [6.07, 6.45) is 1.85. The summed E-state index contributed by atoms with van der Waals surface area (Å²) < 4.78 is 6.01. The van der Waals surface area contributed by atoms with Crippen molar-refractivity contribution in [2.75, 3.05) is 6.61 Å². The van der Waals surface area contributed by atoms with E-state index in [-0.39, 0.29) is 34.3 Å². The first-order valence-corrected chi connectivity index (χ1v) is 13.0. The number of nitrogens with zero attached hydrogens (tertiary/aromatic N) is 2. The van der Waals surface area contributed by atoms with Gasteiger partial charge in [-0.1, -0.05) is 51.1 Å². The van der Waals surface area contributed by atoms with Crippen LogP contribution in [0.15, 0.2) is 53.8 Å². The molecule has 4 aliphatic carbocycles. The smallest absolute Gasteiger partial charge is 0.341 e. The van der Waals surface area contributed by atoms with Crippen LogP contribution < -0.4 is 0 Å². The highest BCUT2D eigenvalue weighted by Gasteiger charge is 2.76. The lowest BCUT2D eigenvalue weighted by atomic mass is 9.58. The average Bonchev–Trinajstić information content (AvgIpc) is 3.37. The third-order valence-corrected chi connectivity index (χ3v) is 10.2. The average molecular weight is 507 g/mol. The lowest BCUT2D eigenvalue weighted by Gasteiger charge is -2.52. The normalized spacial score (nSPS) is 41.6. The number of carbonyl (C=O) groups is 1. The molecule has 8 heteroatoms. The molecule has 1 heterocycles. The van der Waals surface area contributed by atoms with Crippen LogP contribution in [0.1, 0.15) is 44.5 Å². The van der Waals surface area contributed by atoms with E-state index < -0.39 is 41.9 Å². The maximum atomic E-state index is 13.5. The molecule has 1 spiro atoms. The van der Waals surface area contributed by atoms with Gasteiger partial charge in [-0.15, -0.1) is 0 Å². The number of aliphatic hydroxyl groups is 4. The molecule has 9 atom stereocenters. The number of aliphatic hydroxyl groups excluding tert-OH is 3. The second-order valence-corrected chi connectivity index (χ2v) is 12.1. The first kappa shape index (κ1) is 24.7. The molecule has 2 saturated carbocycles. The summed E-state index contributed by atoms with van der Waals surface area (Å²) in [6, 6.07) is 7.07. The van der Waals surface area contributed by atoms with Crippen molar-refractivity contribution in [3.63, 3.8) is 0 Å². The van der Waals surface area contributed by atoms with Crippen LogP contribution in [0, 0.1) is 34.5 Å². The third kappa shape index (κ3) is 3.01. The summed E-state index contributed by atoms with van der Waals surface area (Å²) in [4.78, 5) is 13.5. The fourth-order valence-corrected chi connectivity index (χ4v) is 8.24. The van der Waals surface area contributed by atoms with Crippen molar-refractivity contribution in [3.8, 4) is 0 Å². The van der Waals surface area contributed by atoms with Gasteiger partial charge in [-0.05, 0) is 53.7 Å². The minimum atomic E-state index is -2.08. The predicted molar refractivity (Wildman–Crippen MR) is 135 cm³/mol. The maximum absolute atomic E-state index is 13.5. The van der Waals surface area contributed by atoms with E-state index in [0.717, 1.165) is 6.42 Å². The molecule has 4 aliphatic rings. The van der Waals surface area contributed by atoms with Gasteiger partial charge in [0.05, 0.1) is 35.4 Å². The van der Waals surface area contributed by atoms with Crippen molar-refractivity contribution in [2.45, 2.75) is 58.0 Å². The second kappa shape index (κ2) is 7.93. The zero-order valence-electron chi connectivity index (χ0n) is 21.5. The summed E-state index contributed by atoms with van der Waals surface area (Å²) >= 11 is 0.